The van der Waals surface area contributed by atoms with Gasteiger partial charge in [0.05, 0.1) is 6.54 Å². The molecule has 1 aromatic carbocycles. The molecule has 1 aliphatic heterocycles. The number of nitrogens with one attached hydrogen (secondary N) is 1. The second-order valence-corrected chi connectivity index (χ2v) is 8.11. The number of hydrogen-bond acceptors (Lipinski definition) is 3. The third-order valence-corrected chi connectivity index (χ3v) is 5.67. The van der Waals surface area contributed by atoms with Gasteiger partial charge in [-0.3, -0.25) is 9.69 Å². The van der Waals surface area contributed by atoms with Crippen molar-refractivity contribution in [1.29, 1.82) is 0 Å². The largest absolute Gasteiger partial charge is 0.334 e. The van der Waals surface area contributed by atoms with Crippen molar-refractivity contribution in [2.45, 2.75) is 53.0 Å². The Hall–Kier alpha value is -2.14. The molecule has 1 N–H and O–H groups in total. The molecule has 0 saturated carbocycles. The summed E-state index contributed by atoms with van der Waals surface area (Å²) in [6.45, 7) is 12.0. The van der Waals surface area contributed by atoms with Crippen molar-refractivity contribution in [3.05, 3.63) is 47.5 Å². The zero-order valence-electron chi connectivity index (χ0n) is 17.0. The summed E-state index contributed by atoms with van der Waals surface area (Å²) < 4.78 is 2.30. The first-order chi connectivity index (χ1) is 12.9. The molecule has 1 saturated heterocycles. The zero-order valence-corrected chi connectivity index (χ0v) is 17.0. The summed E-state index contributed by atoms with van der Waals surface area (Å²) in [5, 5.41) is 3.07. The van der Waals surface area contributed by atoms with Gasteiger partial charge in [0.15, 0.2) is 0 Å². The number of rotatable bonds is 6. The Bertz CT molecular complexity index is 772. The SMILES string of the molecule is Cc1cccc(NC(=O)CN2CCC(Cn3ccnc3C(C)C)CC2)c1C. The quantitative estimate of drug-likeness (QED) is 0.839. The molecule has 5 heteroatoms. The lowest BCUT2D eigenvalue weighted by Gasteiger charge is -2.32. The molecule has 146 valence electrons. The average molecular weight is 369 g/mol. The van der Waals surface area contributed by atoms with Crippen molar-refractivity contribution < 1.29 is 4.79 Å². The van der Waals surface area contributed by atoms with Crippen molar-refractivity contribution in [3.63, 3.8) is 0 Å². The number of piperidine rings is 1. The van der Waals surface area contributed by atoms with E-state index in [1.165, 1.54) is 11.4 Å². The number of carbonyl (C=O) groups is 1. The molecule has 5 nitrogen and oxygen atoms in total. The second-order valence-electron chi connectivity index (χ2n) is 8.11. The molecule has 0 atom stereocenters. The number of aromatic nitrogens is 2. The van der Waals surface area contributed by atoms with Crippen LogP contribution < -0.4 is 5.32 Å². The maximum atomic E-state index is 12.4. The van der Waals surface area contributed by atoms with Crippen LogP contribution in [0.4, 0.5) is 5.69 Å². The van der Waals surface area contributed by atoms with E-state index in [0.717, 1.165) is 43.7 Å². The second kappa shape index (κ2) is 8.70. The average Bonchev–Trinajstić information content (AvgIpc) is 3.09. The van der Waals surface area contributed by atoms with Crippen molar-refractivity contribution in [3.8, 4) is 0 Å². The minimum atomic E-state index is 0.0823. The summed E-state index contributed by atoms with van der Waals surface area (Å²) in [4.78, 5) is 19.2. The smallest absolute Gasteiger partial charge is 0.238 e. The van der Waals surface area contributed by atoms with E-state index < -0.39 is 0 Å². The highest BCUT2D eigenvalue weighted by Gasteiger charge is 2.22. The highest BCUT2D eigenvalue weighted by molar-refractivity contribution is 5.93. The maximum Gasteiger partial charge on any atom is 0.238 e. The fraction of sp³-hybridized carbons (Fsp3) is 0.545. The highest BCUT2D eigenvalue weighted by Crippen LogP contribution is 2.22. The van der Waals surface area contributed by atoms with E-state index >= 15 is 0 Å². The standard InChI is InChI=1S/C22H32N4O/c1-16(2)22-23-10-13-26(22)14-19-8-11-25(12-9-19)15-21(27)24-20-7-5-6-17(3)18(20)4/h5-7,10,13,16,19H,8-9,11-12,14-15H2,1-4H3,(H,24,27). The number of likely N-dealkylation sites (tertiary alicyclic amines) is 1. The Labute approximate surface area is 162 Å². The van der Waals surface area contributed by atoms with Crippen LogP contribution >= 0.6 is 0 Å². The van der Waals surface area contributed by atoms with Gasteiger partial charge in [0, 0.05) is 30.5 Å². The minimum absolute atomic E-state index is 0.0823. The topological polar surface area (TPSA) is 50.2 Å². The molecule has 2 aromatic rings. The van der Waals surface area contributed by atoms with Crippen molar-refractivity contribution in [1.82, 2.24) is 14.5 Å². The molecule has 1 fully saturated rings. The predicted molar refractivity (Wildman–Crippen MR) is 110 cm³/mol. The predicted octanol–water partition coefficient (Wildman–Crippen LogP) is 3.97. The van der Waals surface area contributed by atoms with E-state index in [9.17, 15) is 4.79 Å². The number of hydrogen-bond donors (Lipinski definition) is 1. The summed E-state index contributed by atoms with van der Waals surface area (Å²) in [7, 11) is 0. The third kappa shape index (κ3) is 4.98. The Morgan fingerprint density at radius 3 is 2.70 bits per heavy atom. The van der Waals surface area contributed by atoms with Gasteiger partial charge in [-0.05, 0) is 62.9 Å². The van der Waals surface area contributed by atoms with Crippen LogP contribution in [0.25, 0.3) is 0 Å². The number of benzene rings is 1. The van der Waals surface area contributed by atoms with Crippen LogP contribution in [0, 0.1) is 19.8 Å². The molecule has 1 amide bonds. The minimum Gasteiger partial charge on any atom is -0.334 e. The van der Waals surface area contributed by atoms with Gasteiger partial charge >= 0.3 is 0 Å². The first-order valence-electron chi connectivity index (χ1n) is 10.0. The molecule has 1 aromatic heterocycles. The fourth-order valence-corrected chi connectivity index (χ4v) is 3.86. The molecular weight excluding hydrogens is 336 g/mol. The van der Waals surface area contributed by atoms with Gasteiger partial charge in [-0.15, -0.1) is 0 Å². The summed E-state index contributed by atoms with van der Waals surface area (Å²) in [6, 6.07) is 6.04. The first-order valence-corrected chi connectivity index (χ1v) is 10.0. The van der Waals surface area contributed by atoms with Crippen LogP contribution in [0.1, 0.15) is 49.6 Å². The fourth-order valence-electron chi connectivity index (χ4n) is 3.86. The molecule has 1 aliphatic rings. The lowest BCUT2D eigenvalue weighted by atomic mass is 9.96. The Morgan fingerprint density at radius 2 is 2.00 bits per heavy atom. The summed E-state index contributed by atoms with van der Waals surface area (Å²) in [5.41, 5.74) is 3.27. The van der Waals surface area contributed by atoms with Crippen molar-refractivity contribution >= 4 is 11.6 Å². The van der Waals surface area contributed by atoms with Gasteiger partial charge in [0.2, 0.25) is 5.91 Å². The van der Waals surface area contributed by atoms with Crippen molar-refractivity contribution in [2.24, 2.45) is 5.92 Å². The van der Waals surface area contributed by atoms with Gasteiger partial charge in [-0.1, -0.05) is 26.0 Å². The zero-order chi connectivity index (χ0) is 19.4. The van der Waals surface area contributed by atoms with Crippen LogP contribution in [-0.2, 0) is 11.3 Å². The first kappa shape index (κ1) is 19.6. The number of aryl methyl sites for hydroxylation is 1. The molecule has 0 bridgehead atoms. The molecule has 0 spiro atoms. The highest BCUT2D eigenvalue weighted by atomic mass is 16.2. The van der Waals surface area contributed by atoms with Gasteiger partial charge < -0.3 is 9.88 Å². The number of imidazole rings is 1. The van der Waals surface area contributed by atoms with E-state index in [0.29, 0.717) is 18.4 Å². The van der Waals surface area contributed by atoms with E-state index in [1.807, 2.05) is 18.3 Å². The molecule has 0 unspecified atom stereocenters. The number of amides is 1. The van der Waals surface area contributed by atoms with Crippen LogP contribution in [0.3, 0.4) is 0 Å². The number of nitrogens with zero attached hydrogens (tertiary/aromatic N) is 3. The summed E-state index contributed by atoms with van der Waals surface area (Å²) in [5.74, 6) is 2.37. The van der Waals surface area contributed by atoms with E-state index in [4.69, 9.17) is 0 Å². The monoisotopic (exact) mass is 368 g/mol. The summed E-state index contributed by atoms with van der Waals surface area (Å²) >= 11 is 0. The molecule has 0 radical (unpaired) electrons. The third-order valence-electron chi connectivity index (χ3n) is 5.67. The normalized spacial score (nSPS) is 16.0. The van der Waals surface area contributed by atoms with Gasteiger partial charge in [0.25, 0.3) is 0 Å². The van der Waals surface area contributed by atoms with Gasteiger partial charge in [0.1, 0.15) is 5.82 Å². The van der Waals surface area contributed by atoms with E-state index in [2.05, 4.69) is 59.7 Å². The number of anilines is 1. The Morgan fingerprint density at radius 1 is 1.26 bits per heavy atom. The van der Waals surface area contributed by atoms with Gasteiger partial charge in [-0.25, -0.2) is 4.98 Å². The van der Waals surface area contributed by atoms with Crippen LogP contribution in [0.5, 0.6) is 0 Å². The van der Waals surface area contributed by atoms with Gasteiger partial charge in [-0.2, -0.15) is 0 Å². The molecule has 3 rings (SSSR count). The van der Waals surface area contributed by atoms with Crippen LogP contribution in [0.15, 0.2) is 30.6 Å². The number of carbonyl (C=O) groups excluding carboxylic acids is 1. The lowest BCUT2D eigenvalue weighted by Crippen LogP contribution is -2.40. The maximum absolute atomic E-state index is 12.4. The molecule has 27 heavy (non-hydrogen) atoms. The molecular formula is C22H32N4O. The summed E-state index contributed by atoms with van der Waals surface area (Å²) in [6.07, 6.45) is 6.26. The van der Waals surface area contributed by atoms with E-state index in [-0.39, 0.29) is 5.91 Å². The Balaban J connectivity index is 1.47. The Kier molecular flexibility index (Phi) is 6.32. The van der Waals surface area contributed by atoms with E-state index in [1.54, 1.807) is 0 Å². The lowest BCUT2D eigenvalue weighted by molar-refractivity contribution is -0.117. The molecule has 0 aliphatic carbocycles. The van der Waals surface area contributed by atoms with Crippen LogP contribution in [-0.4, -0.2) is 40.0 Å². The van der Waals surface area contributed by atoms with Crippen LogP contribution in [0.2, 0.25) is 0 Å². The van der Waals surface area contributed by atoms with Crippen molar-refractivity contribution in [2.75, 3.05) is 25.0 Å². The molecule has 2 heterocycles.